The molecule has 168 valence electrons. The van der Waals surface area contributed by atoms with Crippen molar-refractivity contribution >= 4 is 5.97 Å². The highest BCUT2D eigenvalue weighted by molar-refractivity contribution is 5.69. The summed E-state index contributed by atoms with van der Waals surface area (Å²) in [5.41, 5.74) is 9.44. The molecule has 1 heterocycles. The maximum Gasteiger partial charge on any atom is 0.327 e. The fourth-order valence-electron chi connectivity index (χ4n) is 4.20. The quantitative estimate of drug-likeness (QED) is 0.525. The lowest BCUT2D eigenvalue weighted by molar-refractivity contribution is -0.144. The lowest BCUT2D eigenvalue weighted by Crippen LogP contribution is -2.40. The molecule has 3 N–H and O–H groups in total. The van der Waals surface area contributed by atoms with Crippen molar-refractivity contribution in [2.75, 3.05) is 6.61 Å². The molecule has 0 amide bonds. The molecule has 32 heavy (non-hydrogen) atoms. The van der Waals surface area contributed by atoms with Gasteiger partial charge in [-0.1, -0.05) is 54.6 Å². The summed E-state index contributed by atoms with van der Waals surface area (Å²) in [6, 6.07) is 19.0. The monoisotopic (exact) mass is 434 g/mol. The number of nitrogens with one attached hydrogen (secondary N) is 1. The van der Waals surface area contributed by atoms with E-state index >= 15 is 0 Å². The summed E-state index contributed by atoms with van der Waals surface area (Å²) < 4.78 is 6.62. The van der Waals surface area contributed by atoms with Crippen molar-refractivity contribution in [3.8, 4) is 11.1 Å². The van der Waals surface area contributed by atoms with E-state index in [1.807, 2.05) is 18.2 Å². The van der Waals surface area contributed by atoms with Crippen LogP contribution in [-0.4, -0.2) is 44.9 Å². The fraction of sp³-hybridized carbons (Fsp3) is 0.417. The molecule has 0 bridgehead atoms. The number of hydrogen-bond acceptors (Lipinski definition) is 7. The van der Waals surface area contributed by atoms with Gasteiger partial charge < -0.3 is 15.8 Å². The second kappa shape index (κ2) is 10.5. The lowest BCUT2D eigenvalue weighted by Gasteiger charge is -2.30. The molecule has 0 saturated heterocycles. The van der Waals surface area contributed by atoms with Gasteiger partial charge in [0.15, 0.2) is 5.82 Å². The molecule has 0 spiro atoms. The molecule has 4 rings (SSSR count). The molecule has 1 unspecified atom stereocenters. The van der Waals surface area contributed by atoms with Crippen LogP contribution < -0.4 is 11.1 Å². The second-order valence-electron chi connectivity index (χ2n) is 8.20. The van der Waals surface area contributed by atoms with Crippen LogP contribution in [0.1, 0.15) is 50.0 Å². The molecule has 0 aliphatic heterocycles. The first-order valence-electron chi connectivity index (χ1n) is 11.2. The Morgan fingerprint density at radius 1 is 1.09 bits per heavy atom. The number of aromatic nitrogens is 4. The standard InChI is InChI=1S/C24H30N6O2/c1-2-32-22(31)16-30-24(27-28-29-30)23(26-21-14-12-20(25)13-15-21)19-10-8-18(9-11-19)17-6-4-3-5-7-17/h3-11,20-21,23,26H,2,12-16,25H2,1H3. The minimum atomic E-state index is -0.358. The topological polar surface area (TPSA) is 108 Å². The number of hydrogen-bond donors (Lipinski definition) is 2. The van der Waals surface area contributed by atoms with Crippen LogP contribution in [-0.2, 0) is 16.1 Å². The Kier molecular flexibility index (Phi) is 7.24. The zero-order valence-electron chi connectivity index (χ0n) is 18.4. The summed E-state index contributed by atoms with van der Waals surface area (Å²) in [5, 5.41) is 15.9. The summed E-state index contributed by atoms with van der Waals surface area (Å²) >= 11 is 0. The summed E-state index contributed by atoms with van der Waals surface area (Å²) in [7, 11) is 0. The molecule has 3 aromatic rings. The smallest absolute Gasteiger partial charge is 0.327 e. The Bertz CT molecular complexity index is 997. The normalized spacial score (nSPS) is 19.4. The van der Waals surface area contributed by atoms with Crippen molar-refractivity contribution < 1.29 is 9.53 Å². The van der Waals surface area contributed by atoms with Gasteiger partial charge in [0.1, 0.15) is 6.54 Å². The fourth-order valence-corrected chi connectivity index (χ4v) is 4.20. The SMILES string of the molecule is CCOC(=O)Cn1nnnc1C(NC1CCC(N)CC1)c1ccc(-c2ccccc2)cc1. The van der Waals surface area contributed by atoms with Gasteiger partial charge in [0.05, 0.1) is 12.6 Å². The largest absolute Gasteiger partial charge is 0.465 e. The van der Waals surface area contributed by atoms with E-state index in [9.17, 15) is 4.79 Å². The summed E-state index contributed by atoms with van der Waals surface area (Å²) in [5.74, 6) is 0.239. The van der Waals surface area contributed by atoms with Gasteiger partial charge in [-0.3, -0.25) is 4.79 Å². The molecular weight excluding hydrogens is 404 g/mol. The molecule has 1 aromatic heterocycles. The number of rotatable bonds is 8. The van der Waals surface area contributed by atoms with Crippen molar-refractivity contribution in [3.63, 3.8) is 0 Å². The molecule has 2 aromatic carbocycles. The van der Waals surface area contributed by atoms with Crippen LogP contribution in [0.5, 0.6) is 0 Å². The minimum absolute atomic E-state index is 0.0218. The first kappa shape index (κ1) is 22.1. The third-order valence-electron chi connectivity index (χ3n) is 5.93. The van der Waals surface area contributed by atoms with Crippen molar-refractivity contribution in [2.45, 2.75) is 57.3 Å². The second-order valence-corrected chi connectivity index (χ2v) is 8.20. The van der Waals surface area contributed by atoms with Gasteiger partial charge in [0.25, 0.3) is 0 Å². The van der Waals surface area contributed by atoms with Gasteiger partial charge in [-0.05, 0) is 59.7 Å². The molecule has 1 aliphatic rings. The van der Waals surface area contributed by atoms with Crippen LogP contribution in [0.4, 0.5) is 0 Å². The summed E-state index contributed by atoms with van der Waals surface area (Å²) in [4.78, 5) is 12.1. The van der Waals surface area contributed by atoms with Crippen molar-refractivity contribution in [2.24, 2.45) is 5.73 Å². The van der Waals surface area contributed by atoms with E-state index in [0.29, 0.717) is 18.5 Å². The van der Waals surface area contributed by atoms with Crippen molar-refractivity contribution in [1.29, 1.82) is 0 Å². The predicted molar refractivity (Wildman–Crippen MR) is 122 cm³/mol. The van der Waals surface area contributed by atoms with Crippen molar-refractivity contribution in [1.82, 2.24) is 25.5 Å². The van der Waals surface area contributed by atoms with E-state index in [0.717, 1.165) is 42.4 Å². The number of benzene rings is 2. The Morgan fingerprint density at radius 2 is 1.78 bits per heavy atom. The van der Waals surface area contributed by atoms with Gasteiger partial charge in [0.2, 0.25) is 0 Å². The average Bonchev–Trinajstić information content (AvgIpc) is 3.27. The van der Waals surface area contributed by atoms with Crippen molar-refractivity contribution in [3.05, 3.63) is 66.0 Å². The van der Waals surface area contributed by atoms with Crippen LogP contribution in [0.25, 0.3) is 11.1 Å². The Labute approximate surface area is 188 Å². The number of nitrogens with zero attached hydrogens (tertiary/aromatic N) is 4. The molecular formula is C24H30N6O2. The maximum absolute atomic E-state index is 12.1. The maximum atomic E-state index is 12.1. The van der Waals surface area contributed by atoms with Gasteiger partial charge in [-0.25, -0.2) is 4.68 Å². The molecule has 1 atom stereocenters. The van der Waals surface area contributed by atoms with Gasteiger partial charge in [-0.2, -0.15) is 0 Å². The van der Waals surface area contributed by atoms with E-state index in [1.165, 1.54) is 4.68 Å². The molecule has 8 nitrogen and oxygen atoms in total. The van der Waals surface area contributed by atoms with E-state index in [4.69, 9.17) is 10.5 Å². The van der Waals surface area contributed by atoms with Crippen LogP contribution in [0.2, 0.25) is 0 Å². The first-order valence-corrected chi connectivity index (χ1v) is 11.2. The number of ether oxygens (including phenoxy) is 1. The molecule has 1 fully saturated rings. The zero-order chi connectivity index (χ0) is 22.3. The number of tetrazole rings is 1. The zero-order valence-corrected chi connectivity index (χ0v) is 18.4. The highest BCUT2D eigenvalue weighted by Gasteiger charge is 2.27. The van der Waals surface area contributed by atoms with Crippen LogP contribution >= 0.6 is 0 Å². The predicted octanol–water partition coefficient (Wildman–Crippen LogP) is 2.85. The van der Waals surface area contributed by atoms with Gasteiger partial charge in [0, 0.05) is 12.1 Å². The molecule has 8 heteroatoms. The van der Waals surface area contributed by atoms with Crippen LogP contribution in [0.15, 0.2) is 54.6 Å². The molecule has 1 saturated carbocycles. The average molecular weight is 435 g/mol. The molecule has 0 radical (unpaired) electrons. The summed E-state index contributed by atoms with van der Waals surface area (Å²) in [6.07, 6.45) is 3.98. The first-order chi connectivity index (χ1) is 15.6. The van der Waals surface area contributed by atoms with Gasteiger partial charge in [-0.15, -0.1) is 5.10 Å². The van der Waals surface area contributed by atoms with E-state index < -0.39 is 0 Å². The summed E-state index contributed by atoms with van der Waals surface area (Å²) in [6.45, 7) is 2.08. The van der Waals surface area contributed by atoms with Crippen LogP contribution in [0.3, 0.4) is 0 Å². The Balaban J connectivity index is 1.61. The third-order valence-corrected chi connectivity index (χ3v) is 5.93. The Morgan fingerprint density at radius 3 is 2.47 bits per heavy atom. The number of nitrogens with two attached hydrogens (primary N) is 1. The molecule has 1 aliphatic carbocycles. The minimum Gasteiger partial charge on any atom is -0.465 e. The van der Waals surface area contributed by atoms with Crippen LogP contribution in [0, 0.1) is 0 Å². The van der Waals surface area contributed by atoms with Gasteiger partial charge >= 0.3 is 5.97 Å². The van der Waals surface area contributed by atoms with E-state index in [-0.39, 0.29) is 24.6 Å². The Hall–Kier alpha value is -3.10. The third kappa shape index (κ3) is 5.38. The number of esters is 1. The number of carbonyl (C=O) groups excluding carboxylic acids is 1. The van der Waals surface area contributed by atoms with E-state index in [1.54, 1.807) is 6.92 Å². The lowest BCUT2D eigenvalue weighted by atomic mass is 9.90. The highest BCUT2D eigenvalue weighted by Crippen LogP contribution is 2.27. The highest BCUT2D eigenvalue weighted by atomic mass is 16.5. The van der Waals surface area contributed by atoms with E-state index in [2.05, 4.69) is 57.2 Å². The number of carbonyl (C=O) groups is 1.